The molecule has 0 radical (unpaired) electrons. The number of thioether (sulfide) groups is 1. The highest BCUT2D eigenvalue weighted by atomic mass is 32.2. The summed E-state index contributed by atoms with van der Waals surface area (Å²) in [6, 6.07) is -4.22. The van der Waals surface area contributed by atoms with E-state index in [0.717, 1.165) is 31.0 Å². The summed E-state index contributed by atoms with van der Waals surface area (Å²) in [5, 5.41) is 53.2. The van der Waals surface area contributed by atoms with Crippen molar-refractivity contribution in [2.45, 2.75) is 121 Å². The molecule has 0 saturated carbocycles. The molecule has 0 aliphatic rings. The Morgan fingerprint density at radius 3 is 1.54 bits per heavy atom. The van der Waals surface area contributed by atoms with Gasteiger partial charge in [0.2, 0.25) is 17.7 Å². The first-order valence-electron chi connectivity index (χ1n) is 14.9. The lowest BCUT2D eigenvalue weighted by molar-refractivity contribution is -0.143. The average Bonchev–Trinajstić information content (AvgIpc) is 2.95. The van der Waals surface area contributed by atoms with Gasteiger partial charge in [0, 0.05) is 17.9 Å². The topological polar surface area (TPSA) is 206 Å². The van der Waals surface area contributed by atoms with Crippen LogP contribution in [-0.4, -0.2) is 105 Å². The number of aliphatic hydroxyl groups is 4. The molecule has 0 spiro atoms. The molecule has 13 heteroatoms. The number of carbonyl (C=O) groups is 4. The lowest BCUT2D eigenvalue weighted by Crippen LogP contribution is -2.58. The number of carboxylic acids is 1. The van der Waals surface area contributed by atoms with Crippen LogP contribution in [0.3, 0.4) is 0 Å². The van der Waals surface area contributed by atoms with Crippen molar-refractivity contribution in [1.29, 1.82) is 0 Å². The second-order valence-electron chi connectivity index (χ2n) is 10.3. The molecule has 1 unspecified atom stereocenters. The van der Waals surface area contributed by atoms with Gasteiger partial charge in [-0.3, -0.25) is 14.4 Å². The molecule has 0 aromatic carbocycles. The molecule has 0 rings (SSSR count). The average molecular weight is 608 g/mol. The second-order valence-corrected chi connectivity index (χ2v) is 11.4. The van der Waals surface area contributed by atoms with Crippen molar-refractivity contribution < 1.29 is 44.7 Å². The number of amides is 3. The van der Waals surface area contributed by atoms with Crippen LogP contribution in [0.2, 0.25) is 0 Å². The van der Waals surface area contributed by atoms with Crippen LogP contribution in [0, 0.1) is 0 Å². The van der Waals surface area contributed by atoms with E-state index in [4.69, 9.17) is 15.3 Å². The first-order valence-corrected chi connectivity index (χ1v) is 16.1. The summed E-state index contributed by atoms with van der Waals surface area (Å²) in [5.74, 6) is -3.49. The largest absolute Gasteiger partial charge is 0.480 e. The van der Waals surface area contributed by atoms with Gasteiger partial charge in [-0.15, -0.1) is 0 Å². The normalized spacial score (nSPS) is 14.1. The summed E-state index contributed by atoms with van der Waals surface area (Å²) in [5.41, 5.74) is 0. The SMILES string of the molecule is CCCCCCCCCCCCCCCC(=O)N[C@@H](CSCC(O)CO)C(=O)N[C@@H](CO)C(=O)N[C@@H](CO)C(=O)O. The van der Waals surface area contributed by atoms with Crippen LogP contribution in [-0.2, 0) is 19.2 Å². The third kappa shape index (κ3) is 20.6. The molecule has 0 aromatic rings. The van der Waals surface area contributed by atoms with Crippen LogP contribution in [0.25, 0.3) is 0 Å². The molecule has 0 fully saturated rings. The molecule has 8 N–H and O–H groups in total. The standard InChI is InChI=1S/C28H53N3O9S/c1-2-3-4-5-6-7-8-9-10-11-12-13-14-15-25(36)29-24(20-41-19-21(35)16-32)27(38)30-22(17-33)26(37)31-23(18-34)28(39)40/h21-24,32-35H,2-20H2,1H3,(H,29,36)(H,30,38)(H,31,37)(H,39,40)/t21?,22-,23-,24-/m0/s1. The van der Waals surface area contributed by atoms with Gasteiger partial charge < -0.3 is 41.5 Å². The third-order valence-electron chi connectivity index (χ3n) is 6.58. The zero-order valence-electron chi connectivity index (χ0n) is 24.5. The smallest absolute Gasteiger partial charge is 0.328 e. The van der Waals surface area contributed by atoms with E-state index in [0.29, 0.717) is 6.42 Å². The van der Waals surface area contributed by atoms with Crippen molar-refractivity contribution in [3.63, 3.8) is 0 Å². The molecule has 3 amide bonds. The summed E-state index contributed by atoms with van der Waals surface area (Å²) in [6.07, 6.45) is 14.5. The Labute approximate surface area is 248 Å². The number of carbonyl (C=O) groups excluding carboxylic acids is 3. The molecule has 0 bridgehead atoms. The number of aliphatic carboxylic acids is 1. The predicted octanol–water partition coefficient (Wildman–Crippen LogP) is 1.08. The summed E-state index contributed by atoms with van der Waals surface area (Å²) in [7, 11) is 0. The van der Waals surface area contributed by atoms with Crippen LogP contribution in [0.4, 0.5) is 0 Å². The minimum atomic E-state index is -1.61. The Hall–Kier alpha value is -1.93. The molecule has 41 heavy (non-hydrogen) atoms. The van der Waals surface area contributed by atoms with Crippen LogP contribution in [0.1, 0.15) is 96.8 Å². The van der Waals surface area contributed by atoms with E-state index >= 15 is 0 Å². The number of rotatable bonds is 27. The second kappa shape index (κ2) is 25.8. The Morgan fingerprint density at radius 2 is 1.07 bits per heavy atom. The van der Waals surface area contributed by atoms with Crippen molar-refractivity contribution >= 4 is 35.5 Å². The molecule has 12 nitrogen and oxygen atoms in total. The number of carboxylic acid groups (broad SMARTS) is 1. The van der Waals surface area contributed by atoms with Gasteiger partial charge in [0.05, 0.1) is 25.9 Å². The van der Waals surface area contributed by atoms with E-state index in [1.54, 1.807) is 0 Å². The number of aliphatic hydroxyl groups excluding tert-OH is 4. The zero-order chi connectivity index (χ0) is 30.9. The lowest BCUT2D eigenvalue weighted by Gasteiger charge is -2.23. The Bertz CT molecular complexity index is 730. The minimum Gasteiger partial charge on any atom is -0.480 e. The van der Waals surface area contributed by atoms with E-state index in [1.165, 1.54) is 57.8 Å². The Balaban J connectivity index is 4.59. The van der Waals surface area contributed by atoms with Crippen molar-refractivity contribution in [2.24, 2.45) is 0 Å². The maximum atomic E-state index is 12.9. The van der Waals surface area contributed by atoms with Gasteiger partial charge in [0.1, 0.15) is 18.1 Å². The summed E-state index contributed by atoms with van der Waals surface area (Å²) in [4.78, 5) is 48.8. The minimum absolute atomic E-state index is 0.0292. The molecular formula is C28H53N3O9S. The van der Waals surface area contributed by atoms with Crippen LogP contribution >= 0.6 is 11.8 Å². The van der Waals surface area contributed by atoms with E-state index in [9.17, 15) is 29.4 Å². The number of hydrogen-bond donors (Lipinski definition) is 8. The third-order valence-corrected chi connectivity index (χ3v) is 7.77. The number of unbranched alkanes of at least 4 members (excludes halogenated alkanes) is 12. The molecule has 4 atom stereocenters. The van der Waals surface area contributed by atoms with Crippen molar-refractivity contribution in [3.05, 3.63) is 0 Å². The molecule has 0 heterocycles. The summed E-state index contributed by atoms with van der Waals surface area (Å²) >= 11 is 1.11. The summed E-state index contributed by atoms with van der Waals surface area (Å²) in [6.45, 7) is 0.0383. The van der Waals surface area contributed by atoms with Crippen molar-refractivity contribution in [3.8, 4) is 0 Å². The van der Waals surface area contributed by atoms with Crippen LogP contribution < -0.4 is 16.0 Å². The quantitative estimate of drug-likeness (QED) is 0.0624. The van der Waals surface area contributed by atoms with Crippen LogP contribution in [0.5, 0.6) is 0 Å². The van der Waals surface area contributed by atoms with Crippen molar-refractivity contribution in [2.75, 3.05) is 31.3 Å². The monoisotopic (exact) mass is 607 g/mol. The molecule has 0 saturated heterocycles. The maximum absolute atomic E-state index is 12.9. The highest BCUT2D eigenvalue weighted by molar-refractivity contribution is 7.99. The highest BCUT2D eigenvalue weighted by Gasteiger charge is 2.29. The fourth-order valence-corrected chi connectivity index (χ4v) is 5.04. The van der Waals surface area contributed by atoms with E-state index in [-0.39, 0.29) is 23.8 Å². The zero-order valence-corrected chi connectivity index (χ0v) is 25.3. The molecule has 240 valence electrons. The maximum Gasteiger partial charge on any atom is 0.328 e. The molecule has 0 aliphatic carbocycles. The molecule has 0 aliphatic heterocycles. The van der Waals surface area contributed by atoms with Gasteiger partial charge >= 0.3 is 5.97 Å². The lowest BCUT2D eigenvalue weighted by atomic mass is 10.0. The highest BCUT2D eigenvalue weighted by Crippen LogP contribution is 2.13. The van der Waals surface area contributed by atoms with E-state index in [2.05, 4.69) is 17.6 Å². The van der Waals surface area contributed by atoms with Crippen molar-refractivity contribution in [1.82, 2.24) is 16.0 Å². The fraction of sp³-hybridized carbons (Fsp3) is 0.857. The number of hydrogen-bond acceptors (Lipinski definition) is 9. The molecular weight excluding hydrogens is 554 g/mol. The van der Waals surface area contributed by atoms with Gasteiger partial charge in [-0.2, -0.15) is 11.8 Å². The van der Waals surface area contributed by atoms with Gasteiger partial charge in [-0.1, -0.05) is 84.0 Å². The Kier molecular flexibility index (Phi) is 24.5. The molecule has 0 aromatic heterocycles. The predicted molar refractivity (Wildman–Crippen MR) is 158 cm³/mol. The summed E-state index contributed by atoms with van der Waals surface area (Å²) < 4.78 is 0. The van der Waals surface area contributed by atoms with Crippen LogP contribution in [0.15, 0.2) is 0 Å². The van der Waals surface area contributed by atoms with Gasteiger partial charge in [0.15, 0.2) is 0 Å². The fourth-order valence-electron chi connectivity index (χ4n) is 4.05. The van der Waals surface area contributed by atoms with Gasteiger partial charge in [-0.05, 0) is 6.42 Å². The van der Waals surface area contributed by atoms with E-state index in [1.807, 2.05) is 5.32 Å². The Morgan fingerprint density at radius 1 is 0.610 bits per heavy atom. The first kappa shape index (κ1) is 39.1. The van der Waals surface area contributed by atoms with Gasteiger partial charge in [0.25, 0.3) is 0 Å². The number of nitrogens with one attached hydrogen (secondary N) is 3. The van der Waals surface area contributed by atoms with E-state index < -0.39 is 61.8 Å². The van der Waals surface area contributed by atoms with Gasteiger partial charge in [-0.25, -0.2) is 4.79 Å². The first-order chi connectivity index (χ1) is 19.7.